The lowest BCUT2D eigenvalue weighted by molar-refractivity contribution is -0.0672. The molecular formula is C13H21N3O2S. The Balaban J connectivity index is 1.73. The van der Waals surface area contributed by atoms with Crippen LogP contribution in [0.25, 0.3) is 0 Å². The zero-order valence-corrected chi connectivity index (χ0v) is 12.5. The summed E-state index contributed by atoms with van der Waals surface area (Å²) in [6.45, 7) is 9.46. The Morgan fingerprint density at radius 2 is 2.21 bits per heavy atom. The highest BCUT2D eigenvalue weighted by atomic mass is 32.1. The van der Waals surface area contributed by atoms with E-state index < -0.39 is 0 Å². The van der Waals surface area contributed by atoms with Crippen molar-refractivity contribution in [3.63, 3.8) is 0 Å². The van der Waals surface area contributed by atoms with Crippen molar-refractivity contribution in [3.05, 3.63) is 16.1 Å². The zero-order chi connectivity index (χ0) is 13.8. The van der Waals surface area contributed by atoms with Crippen LogP contribution in [-0.2, 0) is 4.74 Å². The number of ether oxygens (including phenoxy) is 1. The van der Waals surface area contributed by atoms with Crippen LogP contribution in [0.4, 0.5) is 0 Å². The molecule has 6 heteroatoms. The molecule has 0 spiro atoms. The van der Waals surface area contributed by atoms with Crippen molar-refractivity contribution < 1.29 is 9.53 Å². The van der Waals surface area contributed by atoms with Crippen LogP contribution in [0.2, 0.25) is 0 Å². The lowest BCUT2D eigenvalue weighted by atomic mass is 10.2. The van der Waals surface area contributed by atoms with Gasteiger partial charge in [0.05, 0.1) is 23.4 Å². The average Bonchev–Trinajstić information content (AvgIpc) is 2.74. The molecule has 0 aromatic carbocycles. The Hall–Kier alpha value is -0.980. The largest absolute Gasteiger partial charge is 0.373 e. The SMILES string of the molecule is Cc1ncc(C(=O)NCCN2C[C@@H](C)O[C@@H](C)C2)s1. The van der Waals surface area contributed by atoms with Crippen molar-refractivity contribution in [2.24, 2.45) is 0 Å². The van der Waals surface area contributed by atoms with E-state index >= 15 is 0 Å². The van der Waals surface area contributed by atoms with Gasteiger partial charge in [0.1, 0.15) is 4.88 Å². The second kappa shape index (κ2) is 6.45. The Morgan fingerprint density at radius 3 is 2.79 bits per heavy atom. The number of hydrogen-bond acceptors (Lipinski definition) is 5. The predicted molar refractivity (Wildman–Crippen MR) is 75.6 cm³/mol. The predicted octanol–water partition coefficient (Wildman–Crippen LogP) is 1.29. The molecule has 1 aromatic rings. The fourth-order valence-corrected chi connectivity index (χ4v) is 3.04. The lowest BCUT2D eigenvalue weighted by Crippen LogP contribution is -2.47. The second-order valence-corrected chi connectivity index (χ2v) is 6.25. The van der Waals surface area contributed by atoms with E-state index in [4.69, 9.17) is 4.74 Å². The first kappa shape index (κ1) is 14.4. The maximum absolute atomic E-state index is 11.8. The molecule has 1 aliphatic heterocycles. The molecule has 1 amide bonds. The summed E-state index contributed by atoms with van der Waals surface area (Å²) < 4.78 is 5.68. The van der Waals surface area contributed by atoms with E-state index in [2.05, 4.69) is 29.0 Å². The first-order valence-electron chi connectivity index (χ1n) is 6.63. The first-order chi connectivity index (χ1) is 9.04. The van der Waals surface area contributed by atoms with Crippen molar-refractivity contribution in [2.45, 2.75) is 33.0 Å². The first-order valence-corrected chi connectivity index (χ1v) is 7.44. The highest BCUT2D eigenvalue weighted by molar-refractivity contribution is 7.13. The van der Waals surface area contributed by atoms with E-state index in [1.165, 1.54) is 11.3 Å². The van der Waals surface area contributed by atoms with Gasteiger partial charge in [-0.05, 0) is 20.8 Å². The standard InChI is InChI=1S/C13H21N3O2S/c1-9-7-16(8-10(2)18-9)5-4-14-13(17)12-6-15-11(3)19-12/h6,9-10H,4-5,7-8H2,1-3H3,(H,14,17)/t9-,10+. The van der Waals surface area contributed by atoms with Gasteiger partial charge in [-0.15, -0.1) is 11.3 Å². The number of aromatic nitrogens is 1. The van der Waals surface area contributed by atoms with Crippen molar-refractivity contribution in [3.8, 4) is 0 Å². The van der Waals surface area contributed by atoms with Gasteiger partial charge in [-0.3, -0.25) is 9.69 Å². The molecular weight excluding hydrogens is 262 g/mol. The molecule has 0 aliphatic carbocycles. The van der Waals surface area contributed by atoms with E-state index in [1.807, 2.05) is 6.92 Å². The van der Waals surface area contributed by atoms with E-state index in [0.29, 0.717) is 11.4 Å². The van der Waals surface area contributed by atoms with Crippen LogP contribution in [0, 0.1) is 6.92 Å². The molecule has 0 unspecified atom stereocenters. The highest BCUT2D eigenvalue weighted by Crippen LogP contribution is 2.11. The molecule has 1 fully saturated rings. The maximum Gasteiger partial charge on any atom is 0.263 e. The monoisotopic (exact) mass is 283 g/mol. The molecule has 1 aliphatic rings. The van der Waals surface area contributed by atoms with Gasteiger partial charge in [0, 0.05) is 26.2 Å². The molecule has 0 radical (unpaired) electrons. The zero-order valence-electron chi connectivity index (χ0n) is 11.7. The average molecular weight is 283 g/mol. The number of nitrogens with one attached hydrogen (secondary N) is 1. The quantitative estimate of drug-likeness (QED) is 0.905. The van der Waals surface area contributed by atoms with Crippen LogP contribution in [-0.4, -0.2) is 54.2 Å². The molecule has 5 nitrogen and oxygen atoms in total. The Labute approximate surface area is 118 Å². The molecule has 0 saturated carbocycles. The summed E-state index contributed by atoms with van der Waals surface area (Å²) in [5.41, 5.74) is 0. The van der Waals surface area contributed by atoms with Gasteiger partial charge in [0.15, 0.2) is 0 Å². The number of hydrogen-bond donors (Lipinski definition) is 1. The van der Waals surface area contributed by atoms with Crippen LogP contribution < -0.4 is 5.32 Å². The van der Waals surface area contributed by atoms with Gasteiger partial charge in [-0.25, -0.2) is 4.98 Å². The van der Waals surface area contributed by atoms with Crippen molar-refractivity contribution in [1.29, 1.82) is 0 Å². The normalized spacial score (nSPS) is 24.4. The van der Waals surface area contributed by atoms with E-state index in [9.17, 15) is 4.79 Å². The van der Waals surface area contributed by atoms with Gasteiger partial charge in [-0.1, -0.05) is 0 Å². The molecule has 19 heavy (non-hydrogen) atoms. The number of carbonyl (C=O) groups excluding carboxylic acids is 1. The number of morpholine rings is 1. The molecule has 2 rings (SSSR count). The molecule has 106 valence electrons. The minimum absolute atomic E-state index is 0.0278. The van der Waals surface area contributed by atoms with Crippen LogP contribution in [0.5, 0.6) is 0 Å². The van der Waals surface area contributed by atoms with Gasteiger partial charge < -0.3 is 10.1 Å². The number of thiazole rings is 1. The maximum atomic E-state index is 11.8. The number of amides is 1. The smallest absolute Gasteiger partial charge is 0.263 e. The summed E-state index contributed by atoms with van der Waals surface area (Å²) in [6.07, 6.45) is 2.17. The van der Waals surface area contributed by atoms with Gasteiger partial charge in [-0.2, -0.15) is 0 Å². The van der Waals surface area contributed by atoms with Crippen LogP contribution in [0.1, 0.15) is 28.5 Å². The summed E-state index contributed by atoms with van der Waals surface area (Å²) >= 11 is 1.43. The number of carbonyl (C=O) groups is 1. The van der Waals surface area contributed by atoms with Crippen LogP contribution in [0.3, 0.4) is 0 Å². The highest BCUT2D eigenvalue weighted by Gasteiger charge is 2.21. The fourth-order valence-electron chi connectivity index (χ4n) is 2.35. The Morgan fingerprint density at radius 1 is 1.53 bits per heavy atom. The minimum Gasteiger partial charge on any atom is -0.373 e. The molecule has 1 N–H and O–H groups in total. The lowest BCUT2D eigenvalue weighted by Gasteiger charge is -2.35. The van der Waals surface area contributed by atoms with E-state index in [0.717, 1.165) is 24.6 Å². The van der Waals surface area contributed by atoms with Crippen LogP contribution in [0.15, 0.2) is 6.20 Å². The van der Waals surface area contributed by atoms with Crippen LogP contribution >= 0.6 is 11.3 Å². The van der Waals surface area contributed by atoms with Gasteiger partial charge in [0.25, 0.3) is 5.91 Å². The third-order valence-corrected chi connectivity index (χ3v) is 3.97. The fraction of sp³-hybridized carbons (Fsp3) is 0.692. The van der Waals surface area contributed by atoms with E-state index in [-0.39, 0.29) is 18.1 Å². The summed E-state index contributed by atoms with van der Waals surface area (Å²) in [4.78, 5) is 18.9. The molecule has 0 bridgehead atoms. The molecule has 1 saturated heterocycles. The number of nitrogens with zero attached hydrogens (tertiary/aromatic N) is 2. The Bertz CT molecular complexity index is 425. The van der Waals surface area contributed by atoms with Crippen molar-refractivity contribution in [2.75, 3.05) is 26.2 Å². The minimum atomic E-state index is -0.0278. The third-order valence-electron chi connectivity index (χ3n) is 3.05. The molecule has 2 atom stereocenters. The van der Waals surface area contributed by atoms with Gasteiger partial charge >= 0.3 is 0 Å². The second-order valence-electron chi connectivity index (χ2n) is 5.02. The summed E-state index contributed by atoms with van der Waals surface area (Å²) in [5, 5.41) is 3.86. The number of aryl methyl sites for hydroxylation is 1. The number of rotatable bonds is 4. The summed E-state index contributed by atoms with van der Waals surface area (Å²) in [5.74, 6) is -0.0278. The summed E-state index contributed by atoms with van der Waals surface area (Å²) in [7, 11) is 0. The van der Waals surface area contributed by atoms with E-state index in [1.54, 1.807) is 6.20 Å². The topological polar surface area (TPSA) is 54.5 Å². The van der Waals surface area contributed by atoms with Gasteiger partial charge in [0.2, 0.25) is 0 Å². The van der Waals surface area contributed by atoms with Crippen molar-refractivity contribution >= 4 is 17.2 Å². The molecule has 1 aromatic heterocycles. The Kier molecular flexibility index (Phi) is 4.90. The summed E-state index contributed by atoms with van der Waals surface area (Å²) in [6, 6.07) is 0. The van der Waals surface area contributed by atoms with Crippen molar-refractivity contribution in [1.82, 2.24) is 15.2 Å². The molecule has 2 heterocycles. The third kappa shape index (κ3) is 4.26.